The summed E-state index contributed by atoms with van der Waals surface area (Å²) in [6.45, 7) is 0.996. The van der Waals surface area contributed by atoms with E-state index in [1.165, 1.54) is 0 Å². The number of nitrogens with two attached hydrogens (primary N) is 1. The molecule has 1 fully saturated rings. The molecule has 1 aliphatic heterocycles. The average Bonchev–Trinajstić information content (AvgIpc) is 3.03. The van der Waals surface area contributed by atoms with Gasteiger partial charge in [0.2, 0.25) is 5.75 Å². The molecule has 4 N–H and O–H groups in total. The third-order valence-corrected chi connectivity index (χ3v) is 5.47. The minimum absolute atomic E-state index is 0.0312. The summed E-state index contributed by atoms with van der Waals surface area (Å²) < 4.78 is 11.9. The predicted octanol–water partition coefficient (Wildman–Crippen LogP) is 1.61. The lowest BCUT2D eigenvalue weighted by Crippen LogP contribution is -2.31. The number of nitrogens with zero attached hydrogens (tertiary/aromatic N) is 2. The Kier molecular flexibility index (Phi) is 5.33. The molecule has 1 atom stereocenters. The molecule has 0 bridgehead atoms. The highest BCUT2D eigenvalue weighted by Gasteiger charge is 2.31. The molecule has 2 aromatic carbocycles. The van der Waals surface area contributed by atoms with Gasteiger partial charge in [0.15, 0.2) is 4.90 Å². The summed E-state index contributed by atoms with van der Waals surface area (Å²) in [7, 11) is 0. The Balaban J connectivity index is 1.73. The molecule has 0 saturated carbocycles. The number of nitrogens with one attached hydrogen (secondary N) is 1. The largest absolute Gasteiger partial charge is 0.611 e. The number of carboxylic acid groups (broad SMARTS) is 1. The number of nitrogen functional groups attached to an aromatic ring is 1. The summed E-state index contributed by atoms with van der Waals surface area (Å²) in [6.07, 6.45) is 0. The second kappa shape index (κ2) is 7.68. The molecule has 1 heterocycles. The first-order valence-electron chi connectivity index (χ1n) is 8.10. The summed E-state index contributed by atoms with van der Waals surface area (Å²) in [4.78, 5) is 27.0. The van der Waals surface area contributed by atoms with Gasteiger partial charge in [0, 0.05) is 30.0 Å². The Labute approximate surface area is 158 Å². The van der Waals surface area contributed by atoms with E-state index in [1.807, 2.05) is 0 Å². The lowest BCUT2D eigenvalue weighted by atomic mass is 10.2. The molecule has 0 radical (unpaired) electrons. The van der Waals surface area contributed by atoms with E-state index in [0.29, 0.717) is 34.9 Å². The van der Waals surface area contributed by atoms with Crippen molar-refractivity contribution in [2.75, 3.05) is 28.6 Å². The van der Waals surface area contributed by atoms with E-state index in [2.05, 4.69) is 0 Å². The molecule has 0 spiro atoms. The Morgan fingerprint density at radius 1 is 1.07 bits per heavy atom. The average molecular weight is 386 g/mol. The molecule has 2 aromatic rings. The predicted molar refractivity (Wildman–Crippen MR) is 103 cm³/mol. The summed E-state index contributed by atoms with van der Waals surface area (Å²) in [5.74, 6) is -1.61. The number of carbonyl (C=O) groups is 2. The highest BCUT2D eigenvalue weighted by molar-refractivity contribution is 7.92. The topological polar surface area (TPSA) is 134 Å². The lowest BCUT2D eigenvalue weighted by Gasteiger charge is -2.19. The van der Waals surface area contributed by atoms with Crippen LogP contribution >= 0.6 is 0 Å². The molecule has 27 heavy (non-hydrogen) atoms. The zero-order chi connectivity index (χ0) is 19.6. The van der Waals surface area contributed by atoms with Gasteiger partial charge in [-0.05, 0) is 59.7 Å². The first-order chi connectivity index (χ1) is 12.9. The van der Waals surface area contributed by atoms with Gasteiger partial charge < -0.3 is 15.4 Å². The Bertz CT molecular complexity index is 870. The molecule has 1 aliphatic rings. The molecule has 1 unspecified atom stereocenters. The first-order valence-corrected chi connectivity index (χ1v) is 9.42. The minimum atomic E-state index is -1.62. The number of anilines is 2. The van der Waals surface area contributed by atoms with Crippen molar-refractivity contribution in [2.45, 2.75) is 4.90 Å². The number of hydrogen-bond donors (Lipinski definition) is 3. The van der Waals surface area contributed by atoms with E-state index >= 15 is 0 Å². The maximum atomic E-state index is 12.7. The van der Waals surface area contributed by atoms with Crippen molar-refractivity contribution >= 4 is 40.4 Å². The van der Waals surface area contributed by atoms with Crippen LogP contribution in [-0.4, -0.2) is 46.3 Å². The molecule has 0 aromatic heterocycles. The normalized spacial score (nSPS) is 15.1. The van der Waals surface area contributed by atoms with E-state index in [1.54, 1.807) is 58.3 Å². The molecular formula is C18H18N4O4S. The Hall–Kier alpha value is -3.04. The highest BCUT2D eigenvalue weighted by atomic mass is 32.2. The maximum absolute atomic E-state index is 12.7. The van der Waals surface area contributed by atoms with Crippen molar-refractivity contribution in [3.05, 3.63) is 54.1 Å². The third kappa shape index (κ3) is 4.04. The van der Waals surface area contributed by atoms with Crippen LogP contribution in [0, 0.1) is 5.41 Å². The van der Waals surface area contributed by atoms with E-state index in [-0.39, 0.29) is 11.9 Å². The zero-order valence-electron chi connectivity index (χ0n) is 14.3. The summed E-state index contributed by atoms with van der Waals surface area (Å²) in [5.41, 5.74) is 7.40. The third-order valence-electron chi connectivity index (χ3n) is 4.16. The van der Waals surface area contributed by atoms with Gasteiger partial charge in [-0.25, -0.2) is 9.59 Å². The molecule has 8 nitrogen and oxygen atoms in total. The molecule has 0 aliphatic carbocycles. The van der Waals surface area contributed by atoms with Crippen LogP contribution in [0.25, 0.3) is 0 Å². The van der Waals surface area contributed by atoms with Gasteiger partial charge in [-0.1, -0.05) is 0 Å². The van der Waals surface area contributed by atoms with Gasteiger partial charge in [0.1, 0.15) is 5.84 Å². The van der Waals surface area contributed by atoms with Crippen LogP contribution in [0.5, 0.6) is 0 Å². The molecule has 140 valence electrons. The monoisotopic (exact) mass is 386 g/mol. The number of amidine groups is 1. The second-order valence-corrected chi connectivity index (χ2v) is 7.38. The van der Waals surface area contributed by atoms with Gasteiger partial charge in [0.05, 0.1) is 0 Å². The van der Waals surface area contributed by atoms with Crippen molar-refractivity contribution < 1.29 is 19.2 Å². The van der Waals surface area contributed by atoms with E-state index in [9.17, 15) is 14.1 Å². The fourth-order valence-electron chi connectivity index (χ4n) is 2.81. The zero-order valence-corrected chi connectivity index (χ0v) is 15.1. The minimum Gasteiger partial charge on any atom is -0.611 e. The van der Waals surface area contributed by atoms with E-state index in [4.69, 9.17) is 16.2 Å². The van der Waals surface area contributed by atoms with Crippen LogP contribution in [0.2, 0.25) is 0 Å². The Morgan fingerprint density at radius 2 is 1.56 bits per heavy atom. The van der Waals surface area contributed by atoms with Gasteiger partial charge in [-0.2, -0.15) is 0 Å². The van der Waals surface area contributed by atoms with Crippen molar-refractivity contribution in [2.24, 2.45) is 5.73 Å². The van der Waals surface area contributed by atoms with E-state index < -0.39 is 22.9 Å². The van der Waals surface area contributed by atoms with Crippen molar-refractivity contribution in [3.8, 4) is 0 Å². The number of benzene rings is 2. The number of urea groups is 1. The lowest BCUT2D eigenvalue weighted by molar-refractivity contribution is -0.134. The van der Waals surface area contributed by atoms with Gasteiger partial charge in [-0.3, -0.25) is 15.2 Å². The van der Waals surface area contributed by atoms with Gasteiger partial charge >= 0.3 is 12.0 Å². The second-order valence-electron chi connectivity index (χ2n) is 5.92. The SMILES string of the molecule is N=C(N)c1ccc(N2CCN(c3ccc([S+]([O-])CC(=O)O)cc3)C2=O)cc1. The molecule has 9 heteroatoms. The van der Waals surface area contributed by atoms with Crippen molar-refractivity contribution in [1.82, 2.24) is 0 Å². The van der Waals surface area contributed by atoms with Crippen LogP contribution in [0.1, 0.15) is 5.56 Å². The molecule has 3 rings (SSSR count). The van der Waals surface area contributed by atoms with Crippen LogP contribution in [0.4, 0.5) is 16.2 Å². The van der Waals surface area contributed by atoms with E-state index in [0.717, 1.165) is 0 Å². The number of hydrogen-bond acceptors (Lipinski definition) is 4. The van der Waals surface area contributed by atoms with Crippen LogP contribution in [0.3, 0.4) is 0 Å². The van der Waals surface area contributed by atoms with Gasteiger partial charge in [-0.15, -0.1) is 0 Å². The fourth-order valence-corrected chi connectivity index (χ4v) is 3.64. The number of carbonyl (C=O) groups excluding carboxylic acids is 1. The molecule has 1 saturated heterocycles. The summed E-state index contributed by atoms with van der Waals surface area (Å²) in [5, 5.41) is 16.1. The first kappa shape index (κ1) is 18.7. The molecule has 2 amide bonds. The highest BCUT2D eigenvalue weighted by Crippen LogP contribution is 2.26. The smallest absolute Gasteiger partial charge is 0.354 e. The van der Waals surface area contributed by atoms with Crippen LogP contribution < -0.4 is 15.5 Å². The molecular weight excluding hydrogens is 368 g/mol. The fraction of sp³-hybridized carbons (Fsp3) is 0.167. The quantitative estimate of drug-likeness (QED) is 0.394. The number of aliphatic carboxylic acids is 1. The Morgan fingerprint density at radius 3 is 2.00 bits per heavy atom. The van der Waals surface area contributed by atoms with Crippen molar-refractivity contribution in [1.29, 1.82) is 5.41 Å². The maximum Gasteiger partial charge on any atom is 0.354 e. The van der Waals surface area contributed by atoms with Crippen LogP contribution in [-0.2, 0) is 16.0 Å². The van der Waals surface area contributed by atoms with Gasteiger partial charge in [0.25, 0.3) is 0 Å². The van der Waals surface area contributed by atoms with Crippen molar-refractivity contribution in [3.63, 3.8) is 0 Å². The standard InChI is InChI=1S/C18H18N4O4S/c19-17(20)12-1-3-13(4-2-12)21-9-10-22(18(21)25)14-5-7-15(8-6-14)27(26)11-16(23)24/h1-8H,9-11H2,(H3,19,20)(H,23,24). The summed E-state index contributed by atoms with van der Waals surface area (Å²) in [6, 6.07) is 13.2. The number of rotatable bonds is 6. The summed E-state index contributed by atoms with van der Waals surface area (Å²) >= 11 is -1.62. The van der Waals surface area contributed by atoms with Crippen LogP contribution in [0.15, 0.2) is 53.4 Å². The number of carboxylic acids is 1. The number of amides is 2.